The number of hydrogen-bond donors (Lipinski definition) is 1. The Morgan fingerprint density at radius 3 is 1.88 bits per heavy atom. The monoisotopic (exact) mass is 333 g/mol. The lowest BCUT2D eigenvalue weighted by Gasteiger charge is -2.10. The Balaban J connectivity index is 1.77. The molecule has 0 atom stereocenters. The van der Waals surface area contributed by atoms with E-state index >= 15 is 0 Å². The quantitative estimate of drug-likeness (QED) is 0.741. The Bertz CT molecular complexity index is 836. The maximum atomic E-state index is 12.5. The average molecular weight is 333 g/mol. The fraction of sp³-hybridized carbons (Fsp3) is 0.0952. The van der Waals surface area contributed by atoms with Gasteiger partial charge in [0.15, 0.2) is 0 Å². The van der Waals surface area contributed by atoms with Crippen LogP contribution < -0.4 is 14.8 Å². The Hall–Kier alpha value is -3.27. The van der Waals surface area contributed by atoms with Gasteiger partial charge in [-0.15, -0.1) is 0 Å². The minimum absolute atomic E-state index is 0.185. The molecule has 0 saturated carbocycles. The van der Waals surface area contributed by atoms with E-state index in [1.54, 1.807) is 32.4 Å². The standard InChI is InChI=1S/C21H19NO3/c1-24-19-12-18(13-20(14-19)25-2)22-21(23)17-10-8-16(9-11-17)15-6-4-3-5-7-15/h3-14H,1-2H3,(H,22,23). The number of carbonyl (C=O) groups is 1. The molecule has 25 heavy (non-hydrogen) atoms. The highest BCUT2D eigenvalue weighted by Crippen LogP contribution is 2.26. The molecule has 4 nitrogen and oxygen atoms in total. The maximum Gasteiger partial charge on any atom is 0.255 e. The topological polar surface area (TPSA) is 47.6 Å². The first-order valence-electron chi connectivity index (χ1n) is 7.89. The largest absolute Gasteiger partial charge is 0.497 e. The van der Waals surface area contributed by atoms with Crippen LogP contribution in [0.5, 0.6) is 11.5 Å². The van der Waals surface area contributed by atoms with E-state index in [-0.39, 0.29) is 5.91 Å². The van der Waals surface area contributed by atoms with Crippen molar-refractivity contribution in [3.63, 3.8) is 0 Å². The number of methoxy groups -OCH3 is 2. The van der Waals surface area contributed by atoms with Crippen LogP contribution in [-0.2, 0) is 0 Å². The molecule has 0 aliphatic carbocycles. The second-order valence-electron chi connectivity index (χ2n) is 5.50. The van der Waals surface area contributed by atoms with Crippen LogP contribution in [0.2, 0.25) is 0 Å². The normalized spacial score (nSPS) is 10.2. The van der Waals surface area contributed by atoms with Crippen molar-refractivity contribution in [2.75, 3.05) is 19.5 Å². The van der Waals surface area contributed by atoms with E-state index < -0.39 is 0 Å². The molecule has 0 heterocycles. The highest BCUT2D eigenvalue weighted by Gasteiger charge is 2.09. The third-order valence-electron chi connectivity index (χ3n) is 3.86. The van der Waals surface area contributed by atoms with Gasteiger partial charge in [-0.1, -0.05) is 42.5 Å². The SMILES string of the molecule is COc1cc(NC(=O)c2ccc(-c3ccccc3)cc2)cc(OC)c1. The second kappa shape index (κ2) is 7.53. The molecular weight excluding hydrogens is 314 g/mol. The maximum absolute atomic E-state index is 12.5. The van der Waals surface area contributed by atoms with E-state index in [2.05, 4.69) is 5.32 Å². The Morgan fingerprint density at radius 2 is 1.32 bits per heavy atom. The zero-order valence-electron chi connectivity index (χ0n) is 14.2. The van der Waals surface area contributed by atoms with E-state index in [9.17, 15) is 4.79 Å². The summed E-state index contributed by atoms with van der Waals surface area (Å²) in [5.41, 5.74) is 3.39. The first-order valence-corrected chi connectivity index (χ1v) is 7.89. The number of rotatable bonds is 5. The molecule has 0 aliphatic rings. The van der Waals surface area contributed by atoms with E-state index in [0.29, 0.717) is 22.7 Å². The third-order valence-corrected chi connectivity index (χ3v) is 3.86. The Morgan fingerprint density at radius 1 is 0.760 bits per heavy atom. The molecule has 0 bridgehead atoms. The molecule has 3 aromatic carbocycles. The van der Waals surface area contributed by atoms with Crippen LogP contribution in [0.25, 0.3) is 11.1 Å². The van der Waals surface area contributed by atoms with Crippen molar-refractivity contribution in [2.45, 2.75) is 0 Å². The summed E-state index contributed by atoms with van der Waals surface area (Å²) < 4.78 is 10.4. The van der Waals surface area contributed by atoms with Gasteiger partial charge in [0, 0.05) is 29.4 Å². The first kappa shape index (κ1) is 16.6. The Kier molecular flexibility index (Phi) is 5.00. The van der Waals surface area contributed by atoms with Crippen LogP contribution in [0.4, 0.5) is 5.69 Å². The fourth-order valence-corrected chi connectivity index (χ4v) is 2.53. The smallest absolute Gasteiger partial charge is 0.255 e. The summed E-state index contributed by atoms with van der Waals surface area (Å²) in [6.07, 6.45) is 0. The van der Waals surface area contributed by atoms with Crippen LogP contribution in [0.1, 0.15) is 10.4 Å². The number of carbonyl (C=O) groups excluding carboxylic acids is 1. The molecule has 0 aliphatic heterocycles. The molecule has 126 valence electrons. The van der Waals surface area contributed by atoms with Gasteiger partial charge in [-0.25, -0.2) is 0 Å². The number of nitrogens with one attached hydrogen (secondary N) is 1. The van der Waals surface area contributed by atoms with Crippen molar-refractivity contribution in [2.24, 2.45) is 0 Å². The summed E-state index contributed by atoms with van der Waals surface area (Å²) in [4.78, 5) is 12.5. The average Bonchev–Trinajstić information content (AvgIpc) is 2.68. The molecule has 0 fully saturated rings. The van der Waals surface area contributed by atoms with Crippen molar-refractivity contribution in [1.82, 2.24) is 0 Å². The number of ether oxygens (including phenoxy) is 2. The van der Waals surface area contributed by atoms with Gasteiger partial charge in [0.2, 0.25) is 0 Å². The molecule has 0 spiro atoms. The molecule has 3 aromatic rings. The number of anilines is 1. The summed E-state index contributed by atoms with van der Waals surface area (Å²) in [7, 11) is 3.14. The molecule has 0 unspecified atom stereocenters. The van der Waals surface area contributed by atoms with Gasteiger partial charge >= 0.3 is 0 Å². The van der Waals surface area contributed by atoms with Crippen molar-refractivity contribution in [3.8, 4) is 22.6 Å². The second-order valence-corrected chi connectivity index (χ2v) is 5.50. The molecular formula is C21H19NO3. The van der Waals surface area contributed by atoms with Crippen LogP contribution in [-0.4, -0.2) is 20.1 Å². The highest BCUT2D eigenvalue weighted by molar-refractivity contribution is 6.04. The predicted molar refractivity (Wildman–Crippen MR) is 99.4 cm³/mol. The molecule has 1 amide bonds. The minimum Gasteiger partial charge on any atom is -0.497 e. The number of hydrogen-bond acceptors (Lipinski definition) is 3. The van der Waals surface area contributed by atoms with Crippen molar-refractivity contribution < 1.29 is 14.3 Å². The first-order chi connectivity index (χ1) is 12.2. The fourth-order valence-electron chi connectivity index (χ4n) is 2.53. The van der Waals surface area contributed by atoms with Crippen molar-refractivity contribution in [3.05, 3.63) is 78.4 Å². The Labute approximate surface area is 147 Å². The lowest BCUT2D eigenvalue weighted by molar-refractivity contribution is 0.102. The van der Waals surface area contributed by atoms with E-state index in [1.165, 1.54) is 0 Å². The number of benzene rings is 3. The van der Waals surface area contributed by atoms with Gasteiger partial charge in [0.05, 0.1) is 14.2 Å². The zero-order chi connectivity index (χ0) is 17.6. The zero-order valence-corrected chi connectivity index (χ0v) is 14.2. The summed E-state index contributed by atoms with van der Waals surface area (Å²) in [6, 6.07) is 22.8. The lowest BCUT2D eigenvalue weighted by Crippen LogP contribution is -2.11. The highest BCUT2D eigenvalue weighted by atomic mass is 16.5. The van der Waals surface area contributed by atoms with Crippen LogP contribution in [0.15, 0.2) is 72.8 Å². The number of amides is 1. The summed E-state index contributed by atoms with van der Waals surface area (Å²) in [5.74, 6) is 1.05. The van der Waals surface area contributed by atoms with Gasteiger partial charge in [0.25, 0.3) is 5.91 Å². The summed E-state index contributed by atoms with van der Waals surface area (Å²) in [5, 5.41) is 2.87. The van der Waals surface area contributed by atoms with Crippen LogP contribution >= 0.6 is 0 Å². The van der Waals surface area contributed by atoms with Crippen molar-refractivity contribution in [1.29, 1.82) is 0 Å². The van der Waals surface area contributed by atoms with Gasteiger partial charge in [-0.05, 0) is 23.3 Å². The van der Waals surface area contributed by atoms with Gasteiger partial charge in [-0.3, -0.25) is 4.79 Å². The molecule has 0 radical (unpaired) electrons. The van der Waals surface area contributed by atoms with Gasteiger partial charge < -0.3 is 14.8 Å². The van der Waals surface area contributed by atoms with Crippen LogP contribution in [0.3, 0.4) is 0 Å². The van der Waals surface area contributed by atoms with Gasteiger partial charge in [0.1, 0.15) is 11.5 Å². The van der Waals surface area contributed by atoms with Crippen LogP contribution in [0, 0.1) is 0 Å². The lowest BCUT2D eigenvalue weighted by atomic mass is 10.0. The van der Waals surface area contributed by atoms with E-state index in [4.69, 9.17) is 9.47 Å². The third kappa shape index (κ3) is 3.98. The van der Waals surface area contributed by atoms with E-state index in [0.717, 1.165) is 11.1 Å². The summed E-state index contributed by atoms with van der Waals surface area (Å²) >= 11 is 0. The van der Waals surface area contributed by atoms with E-state index in [1.807, 2.05) is 54.6 Å². The predicted octanol–water partition coefficient (Wildman–Crippen LogP) is 4.62. The minimum atomic E-state index is -0.185. The molecule has 3 rings (SSSR count). The molecule has 0 aromatic heterocycles. The van der Waals surface area contributed by atoms with Gasteiger partial charge in [-0.2, -0.15) is 0 Å². The molecule has 1 N–H and O–H groups in total. The molecule has 4 heteroatoms. The molecule has 0 saturated heterocycles. The summed E-state index contributed by atoms with van der Waals surface area (Å²) in [6.45, 7) is 0. The van der Waals surface area contributed by atoms with Crippen molar-refractivity contribution >= 4 is 11.6 Å².